The number of anilines is 1. The number of aliphatic hydroxyl groups excluding tert-OH is 1. The van der Waals surface area contributed by atoms with E-state index >= 15 is 0 Å². The highest BCUT2D eigenvalue weighted by molar-refractivity contribution is 5.82. The molecule has 0 radical (unpaired) electrons. The van der Waals surface area contributed by atoms with Crippen LogP contribution in [0.3, 0.4) is 0 Å². The van der Waals surface area contributed by atoms with Crippen LogP contribution in [0.25, 0.3) is 0 Å². The maximum absolute atomic E-state index is 11.0. The Labute approximate surface area is 217 Å². The second-order valence-corrected chi connectivity index (χ2v) is 8.60. The Morgan fingerprint density at radius 2 is 1.73 bits per heavy atom. The van der Waals surface area contributed by atoms with E-state index in [4.69, 9.17) is 19.3 Å². The number of benzene rings is 2. The third kappa shape index (κ3) is 13.1. The first-order valence-corrected chi connectivity index (χ1v) is 12.4. The minimum absolute atomic E-state index is 0.0275. The lowest BCUT2D eigenvalue weighted by Crippen LogP contribution is -2.22. The third-order valence-electron chi connectivity index (χ3n) is 5.47. The van der Waals surface area contributed by atoms with Crippen molar-refractivity contribution in [2.24, 2.45) is 0 Å². The average Bonchev–Trinajstić information content (AvgIpc) is 2.86. The third-order valence-corrected chi connectivity index (χ3v) is 5.47. The van der Waals surface area contributed by atoms with Gasteiger partial charge in [-0.25, -0.2) is 4.79 Å². The van der Waals surface area contributed by atoms with Gasteiger partial charge in [-0.2, -0.15) is 0 Å². The quantitative estimate of drug-likeness (QED) is 0.146. The number of carboxylic acid groups (broad SMARTS) is 1. The van der Waals surface area contributed by atoms with Gasteiger partial charge in [0.25, 0.3) is 0 Å². The summed E-state index contributed by atoms with van der Waals surface area (Å²) < 4.78 is 16.1. The van der Waals surface area contributed by atoms with Crippen LogP contribution in [-0.4, -0.2) is 60.3 Å². The number of phenolic OH excluding ortho intramolecular Hbond substituents is 1. The molecule has 10 nitrogen and oxygen atoms in total. The van der Waals surface area contributed by atoms with Crippen molar-refractivity contribution >= 4 is 17.7 Å². The lowest BCUT2D eigenvalue weighted by Gasteiger charge is -2.14. The molecule has 0 aliphatic carbocycles. The monoisotopic (exact) mass is 518 g/mol. The summed E-state index contributed by atoms with van der Waals surface area (Å²) in [6.07, 6.45) is 2.23. The van der Waals surface area contributed by atoms with Crippen molar-refractivity contribution in [1.82, 2.24) is 5.32 Å². The number of unbranched alkanes of at least 4 members (excludes halogenated alkanes) is 3. The van der Waals surface area contributed by atoms with Gasteiger partial charge in [-0.05, 0) is 54.8 Å². The van der Waals surface area contributed by atoms with Crippen molar-refractivity contribution in [1.29, 1.82) is 0 Å². The van der Waals surface area contributed by atoms with Gasteiger partial charge in [0.2, 0.25) is 0 Å². The van der Waals surface area contributed by atoms with Crippen LogP contribution in [0.5, 0.6) is 5.75 Å². The van der Waals surface area contributed by atoms with E-state index in [-0.39, 0.29) is 12.4 Å². The molecule has 37 heavy (non-hydrogen) atoms. The Kier molecular flexibility index (Phi) is 14.1. The Morgan fingerprint density at radius 1 is 0.946 bits per heavy atom. The SMILES string of the molecule is CC(=O)OCc1cc([C@@H](O)CNCCCCCCOCCOCc2cccc(NC(=O)O)c2)ccc1O. The van der Waals surface area contributed by atoms with E-state index in [1.807, 2.05) is 6.07 Å². The summed E-state index contributed by atoms with van der Waals surface area (Å²) in [4.78, 5) is 21.7. The molecule has 0 aromatic heterocycles. The van der Waals surface area contributed by atoms with Crippen molar-refractivity contribution in [2.75, 3.05) is 38.2 Å². The molecule has 0 fully saturated rings. The lowest BCUT2D eigenvalue weighted by atomic mass is 10.1. The van der Waals surface area contributed by atoms with Crippen molar-refractivity contribution in [2.45, 2.75) is 51.9 Å². The minimum Gasteiger partial charge on any atom is -0.508 e. The fraction of sp³-hybridized carbons (Fsp3) is 0.481. The van der Waals surface area contributed by atoms with E-state index in [1.54, 1.807) is 30.3 Å². The van der Waals surface area contributed by atoms with Crippen molar-refractivity contribution in [3.05, 3.63) is 59.2 Å². The molecule has 0 spiro atoms. The first-order valence-electron chi connectivity index (χ1n) is 12.4. The van der Waals surface area contributed by atoms with Crippen molar-refractivity contribution < 1.29 is 39.1 Å². The molecule has 0 saturated heterocycles. The van der Waals surface area contributed by atoms with Crippen LogP contribution in [0.15, 0.2) is 42.5 Å². The maximum atomic E-state index is 11.0. The molecule has 2 rings (SSSR count). The van der Waals surface area contributed by atoms with Gasteiger partial charge >= 0.3 is 12.1 Å². The second-order valence-electron chi connectivity index (χ2n) is 8.60. The number of amides is 1. The van der Waals surface area contributed by atoms with Crippen LogP contribution < -0.4 is 10.6 Å². The standard InChI is InChI=1S/C27H38N2O8/c1-20(30)37-19-23-16-22(9-10-25(23)31)26(32)17-28-11-4-2-3-5-12-35-13-14-36-18-21-7-6-8-24(15-21)29-27(33)34/h6-10,15-16,26,28-29,31-32H,2-5,11-14,17-19H2,1H3,(H,33,34)/t26-/m0/s1. The molecule has 0 bridgehead atoms. The Hall–Kier alpha value is -3.18. The van der Waals surface area contributed by atoms with Crippen LogP contribution in [0.4, 0.5) is 10.5 Å². The fourth-order valence-electron chi connectivity index (χ4n) is 3.54. The molecule has 0 saturated carbocycles. The van der Waals surface area contributed by atoms with Crippen LogP contribution in [0.1, 0.15) is 55.4 Å². The molecule has 0 heterocycles. The highest BCUT2D eigenvalue weighted by atomic mass is 16.5. The van der Waals surface area contributed by atoms with Crippen LogP contribution >= 0.6 is 0 Å². The molecule has 0 unspecified atom stereocenters. The maximum Gasteiger partial charge on any atom is 0.409 e. The number of phenols is 1. The van der Waals surface area contributed by atoms with Crippen LogP contribution in [-0.2, 0) is 32.2 Å². The van der Waals surface area contributed by atoms with Gasteiger partial charge in [0.05, 0.1) is 25.9 Å². The molecular weight excluding hydrogens is 480 g/mol. The number of aliphatic hydroxyl groups is 1. The Balaban J connectivity index is 1.45. The number of ether oxygens (including phenoxy) is 3. The number of esters is 1. The number of hydrogen-bond acceptors (Lipinski definition) is 8. The smallest absolute Gasteiger partial charge is 0.409 e. The molecular formula is C27H38N2O8. The molecule has 10 heteroatoms. The van der Waals surface area contributed by atoms with Crippen LogP contribution in [0, 0.1) is 0 Å². The molecule has 2 aromatic carbocycles. The number of carbonyl (C=O) groups is 2. The van der Waals surface area contributed by atoms with Gasteiger partial charge in [-0.3, -0.25) is 10.1 Å². The van der Waals surface area contributed by atoms with Gasteiger partial charge in [0.1, 0.15) is 12.4 Å². The summed E-state index contributed by atoms with van der Waals surface area (Å²) in [7, 11) is 0. The second kappa shape index (κ2) is 17.3. The molecule has 5 N–H and O–H groups in total. The summed E-state index contributed by atoms with van der Waals surface area (Å²) in [5, 5.41) is 34.6. The number of hydrogen-bond donors (Lipinski definition) is 5. The number of nitrogens with one attached hydrogen (secondary N) is 2. The summed E-state index contributed by atoms with van der Waals surface area (Å²) >= 11 is 0. The van der Waals surface area contributed by atoms with Crippen molar-refractivity contribution in [3.8, 4) is 5.75 Å². The Bertz CT molecular complexity index is 969. The summed E-state index contributed by atoms with van der Waals surface area (Å²) in [6, 6.07) is 11.9. The highest BCUT2D eigenvalue weighted by Gasteiger charge is 2.11. The predicted molar refractivity (Wildman–Crippen MR) is 138 cm³/mol. The average molecular weight is 519 g/mol. The molecule has 2 aromatic rings. The van der Waals surface area contributed by atoms with E-state index in [0.29, 0.717) is 49.8 Å². The summed E-state index contributed by atoms with van der Waals surface area (Å²) in [5.74, 6) is -0.403. The molecule has 0 aliphatic rings. The van der Waals surface area contributed by atoms with Crippen LogP contribution in [0.2, 0.25) is 0 Å². The van der Waals surface area contributed by atoms with Gasteiger partial charge in [0.15, 0.2) is 0 Å². The first kappa shape index (κ1) is 30.0. The molecule has 0 aliphatic heterocycles. The first-order chi connectivity index (χ1) is 17.8. The number of rotatable bonds is 18. The summed E-state index contributed by atoms with van der Waals surface area (Å²) in [5.41, 5.74) is 2.51. The normalized spacial score (nSPS) is 11.7. The zero-order valence-electron chi connectivity index (χ0n) is 21.3. The zero-order valence-corrected chi connectivity index (χ0v) is 21.3. The van der Waals surface area contributed by atoms with Crippen molar-refractivity contribution in [3.63, 3.8) is 0 Å². The zero-order chi connectivity index (χ0) is 26.9. The number of carbonyl (C=O) groups excluding carboxylic acids is 1. The molecule has 1 amide bonds. The van der Waals surface area contributed by atoms with E-state index < -0.39 is 18.2 Å². The van der Waals surface area contributed by atoms with E-state index in [2.05, 4.69) is 10.6 Å². The topological polar surface area (TPSA) is 147 Å². The van der Waals surface area contributed by atoms with E-state index in [1.165, 1.54) is 13.0 Å². The van der Waals surface area contributed by atoms with Gasteiger partial charge < -0.3 is 34.8 Å². The summed E-state index contributed by atoms with van der Waals surface area (Å²) in [6.45, 7) is 4.48. The van der Waals surface area contributed by atoms with Gasteiger partial charge in [0, 0.05) is 31.3 Å². The number of aromatic hydroxyl groups is 1. The highest BCUT2D eigenvalue weighted by Crippen LogP contribution is 2.23. The van der Waals surface area contributed by atoms with E-state index in [0.717, 1.165) is 37.8 Å². The van der Waals surface area contributed by atoms with Gasteiger partial charge in [-0.15, -0.1) is 0 Å². The molecule has 1 atom stereocenters. The predicted octanol–water partition coefficient (Wildman–Crippen LogP) is 3.96. The minimum atomic E-state index is -1.10. The molecule has 204 valence electrons. The van der Waals surface area contributed by atoms with Gasteiger partial charge in [-0.1, -0.05) is 31.0 Å². The largest absolute Gasteiger partial charge is 0.508 e. The van der Waals surface area contributed by atoms with E-state index in [9.17, 15) is 19.8 Å². The Morgan fingerprint density at radius 3 is 2.51 bits per heavy atom. The lowest BCUT2D eigenvalue weighted by molar-refractivity contribution is -0.142. The fourth-order valence-corrected chi connectivity index (χ4v) is 3.54.